The number of aryl methyl sites for hydroxylation is 1. The Hall–Kier alpha value is -1.26. The summed E-state index contributed by atoms with van der Waals surface area (Å²) in [7, 11) is 0. The fourth-order valence-electron chi connectivity index (χ4n) is 2.85. The van der Waals surface area contributed by atoms with Gasteiger partial charge in [-0.25, -0.2) is 0 Å². The average Bonchev–Trinajstić information content (AvgIpc) is 3.12. The molecule has 1 fully saturated rings. The Morgan fingerprint density at radius 3 is 2.79 bits per heavy atom. The molecule has 1 aromatic heterocycles. The lowest BCUT2D eigenvalue weighted by molar-refractivity contribution is 0.491. The Balaban J connectivity index is 1.79. The quantitative estimate of drug-likeness (QED) is 0.908. The maximum absolute atomic E-state index is 4.16. The Morgan fingerprint density at radius 2 is 2.16 bits per heavy atom. The highest BCUT2D eigenvalue weighted by atomic mass is 32.1. The zero-order valence-electron chi connectivity index (χ0n) is 11.3. The van der Waals surface area contributed by atoms with Gasteiger partial charge in [0.1, 0.15) is 0 Å². The van der Waals surface area contributed by atoms with Crippen LogP contribution in [0.25, 0.3) is 0 Å². The lowest BCUT2D eigenvalue weighted by atomic mass is 10.0. The molecule has 0 saturated heterocycles. The Kier molecular flexibility index (Phi) is 3.62. The summed E-state index contributed by atoms with van der Waals surface area (Å²) in [5.74, 6) is 1.37. The van der Waals surface area contributed by atoms with Crippen molar-refractivity contribution in [3.63, 3.8) is 0 Å². The first-order valence-corrected chi connectivity index (χ1v) is 7.65. The lowest BCUT2D eigenvalue weighted by Gasteiger charge is -2.16. The molecule has 2 aromatic rings. The van der Waals surface area contributed by atoms with Crippen molar-refractivity contribution in [2.24, 2.45) is 5.92 Å². The SMILES string of the molecule is CCNC(c1snnc1C)C1CC1c1ccccc1. The molecule has 100 valence electrons. The second-order valence-electron chi connectivity index (χ2n) is 5.17. The van der Waals surface area contributed by atoms with E-state index in [2.05, 4.69) is 59.1 Å². The molecule has 1 aliphatic rings. The second kappa shape index (κ2) is 5.39. The van der Waals surface area contributed by atoms with Crippen LogP contribution in [0.1, 0.15) is 41.4 Å². The van der Waals surface area contributed by atoms with Crippen LogP contribution in [0.2, 0.25) is 0 Å². The van der Waals surface area contributed by atoms with Gasteiger partial charge >= 0.3 is 0 Å². The highest BCUT2D eigenvalue weighted by molar-refractivity contribution is 7.05. The summed E-state index contributed by atoms with van der Waals surface area (Å²) in [4.78, 5) is 1.31. The van der Waals surface area contributed by atoms with Crippen LogP contribution in [0.15, 0.2) is 30.3 Å². The number of benzene rings is 1. The molecule has 3 atom stereocenters. The van der Waals surface area contributed by atoms with Gasteiger partial charge in [0.2, 0.25) is 0 Å². The number of aromatic nitrogens is 2. The van der Waals surface area contributed by atoms with Crippen molar-refractivity contribution < 1.29 is 0 Å². The number of rotatable bonds is 5. The molecule has 3 nitrogen and oxygen atoms in total. The van der Waals surface area contributed by atoms with E-state index < -0.39 is 0 Å². The summed E-state index contributed by atoms with van der Waals surface area (Å²) < 4.78 is 4.08. The van der Waals surface area contributed by atoms with E-state index in [4.69, 9.17) is 0 Å². The first kappa shape index (κ1) is 12.8. The summed E-state index contributed by atoms with van der Waals surface area (Å²) in [5, 5.41) is 7.77. The van der Waals surface area contributed by atoms with Gasteiger partial charge in [-0.3, -0.25) is 0 Å². The van der Waals surface area contributed by atoms with Crippen LogP contribution in [0.4, 0.5) is 0 Å². The van der Waals surface area contributed by atoms with E-state index in [1.54, 1.807) is 0 Å². The van der Waals surface area contributed by atoms with Crippen LogP contribution < -0.4 is 5.32 Å². The van der Waals surface area contributed by atoms with Gasteiger partial charge < -0.3 is 5.32 Å². The molecule has 19 heavy (non-hydrogen) atoms. The first-order chi connectivity index (χ1) is 9.31. The molecule has 0 bridgehead atoms. The summed E-state index contributed by atoms with van der Waals surface area (Å²) in [6, 6.07) is 11.2. The fourth-order valence-corrected chi connectivity index (χ4v) is 3.64. The van der Waals surface area contributed by atoms with Gasteiger partial charge in [-0.2, -0.15) is 0 Å². The summed E-state index contributed by atoms with van der Waals surface area (Å²) in [6.07, 6.45) is 1.26. The Labute approximate surface area is 118 Å². The minimum Gasteiger partial charge on any atom is -0.309 e. The Bertz CT molecular complexity index is 537. The molecule has 4 heteroatoms. The zero-order chi connectivity index (χ0) is 13.2. The molecule has 1 aliphatic carbocycles. The summed E-state index contributed by atoms with van der Waals surface area (Å²) >= 11 is 1.54. The van der Waals surface area contributed by atoms with Crippen LogP contribution in [0, 0.1) is 12.8 Å². The standard InChI is InChI=1S/C15H19N3S/c1-3-16-14(15-10(2)17-18-19-15)13-9-12(13)11-7-5-4-6-8-11/h4-8,12-14,16H,3,9H2,1-2H3. The highest BCUT2D eigenvalue weighted by Gasteiger charge is 2.45. The maximum Gasteiger partial charge on any atom is 0.0772 e. The van der Waals surface area contributed by atoms with E-state index in [1.807, 2.05) is 0 Å². The van der Waals surface area contributed by atoms with Crippen molar-refractivity contribution in [1.82, 2.24) is 14.9 Å². The van der Waals surface area contributed by atoms with Crippen LogP contribution in [0.5, 0.6) is 0 Å². The van der Waals surface area contributed by atoms with Gasteiger partial charge in [-0.1, -0.05) is 41.7 Å². The van der Waals surface area contributed by atoms with E-state index in [1.165, 1.54) is 28.4 Å². The van der Waals surface area contributed by atoms with Crippen molar-refractivity contribution in [1.29, 1.82) is 0 Å². The van der Waals surface area contributed by atoms with Gasteiger partial charge in [0, 0.05) is 6.04 Å². The molecule has 1 aromatic carbocycles. The number of nitrogens with one attached hydrogen (secondary N) is 1. The van der Waals surface area contributed by atoms with E-state index in [0.717, 1.165) is 12.2 Å². The largest absolute Gasteiger partial charge is 0.309 e. The Morgan fingerprint density at radius 1 is 1.37 bits per heavy atom. The predicted octanol–water partition coefficient (Wildman–Crippen LogP) is 3.30. The maximum atomic E-state index is 4.16. The molecule has 1 heterocycles. The first-order valence-electron chi connectivity index (χ1n) is 6.88. The highest BCUT2D eigenvalue weighted by Crippen LogP contribution is 2.54. The molecule has 0 radical (unpaired) electrons. The van der Waals surface area contributed by atoms with E-state index in [0.29, 0.717) is 17.9 Å². The summed E-state index contributed by atoms with van der Waals surface area (Å²) in [5.41, 5.74) is 2.54. The van der Waals surface area contributed by atoms with Crippen molar-refractivity contribution in [3.05, 3.63) is 46.5 Å². The van der Waals surface area contributed by atoms with Gasteiger partial charge in [0.05, 0.1) is 10.6 Å². The third kappa shape index (κ3) is 2.55. The smallest absolute Gasteiger partial charge is 0.0772 e. The van der Waals surface area contributed by atoms with Crippen LogP contribution >= 0.6 is 11.5 Å². The van der Waals surface area contributed by atoms with Gasteiger partial charge in [0.25, 0.3) is 0 Å². The van der Waals surface area contributed by atoms with Crippen molar-refractivity contribution in [2.75, 3.05) is 6.54 Å². The zero-order valence-corrected chi connectivity index (χ0v) is 12.2. The fraction of sp³-hybridized carbons (Fsp3) is 0.467. The van der Waals surface area contributed by atoms with Crippen LogP contribution in [-0.4, -0.2) is 16.1 Å². The monoisotopic (exact) mass is 273 g/mol. The molecular weight excluding hydrogens is 254 g/mol. The van der Waals surface area contributed by atoms with E-state index in [9.17, 15) is 0 Å². The van der Waals surface area contributed by atoms with Crippen LogP contribution in [-0.2, 0) is 0 Å². The molecule has 3 rings (SSSR count). The minimum atomic E-state index is 0.412. The third-order valence-electron chi connectivity index (χ3n) is 3.89. The third-order valence-corrected chi connectivity index (χ3v) is 4.80. The molecule has 1 N–H and O–H groups in total. The molecule has 3 unspecified atom stereocenters. The minimum absolute atomic E-state index is 0.412. The van der Waals surface area contributed by atoms with Gasteiger partial charge in [-0.05, 0) is 48.8 Å². The van der Waals surface area contributed by atoms with E-state index >= 15 is 0 Å². The molecule has 1 saturated carbocycles. The van der Waals surface area contributed by atoms with Crippen molar-refractivity contribution in [3.8, 4) is 0 Å². The molecule has 0 amide bonds. The van der Waals surface area contributed by atoms with Gasteiger partial charge in [-0.15, -0.1) is 5.10 Å². The van der Waals surface area contributed by atoms with Crippen LogP contribution in [0.3, 0.4) is 0 Å². The van der Waals surface area contributed by atoms with Crippen molar-refractivity contribution in [2.45, 2.75) is 32.2 Å². The van der Waals surface area contributed by atoms with E-state index in [-0.39, 0.29) is 0 Å². The lowest BCUT2D eigenvalue weighted by Crippen LogP contribution is -2.23. The average molecular weight is 273 g/mol. The van der Waals surface area contributed by atoms with Crippen molar-refractivity contribution >= 4 is 11.5 Å². The number of hydrogen-bond donors (Lipinski definition) is 1. The number of hydrogen-bond acceptors (Lipinski definition) is 4. The number of nitrogens with zero attached hydrogens (tertiary/aromatic N) is 2. The topological polar surface area (TPSA) is 37.8 Å². The predicted molar refractivity (Wildman–Crippen MR) is 78.4 cm³/mol. The summed E-state index contributed by atoms with van der Waals surface area (Å²) in [6.45, 7) is 5.21. The van der Waals surface area contributed by atoms with Gasteiger partial charge in [0.15, 0.2) is 0 Å². The molecular formula is C15H19N3S. The second-order valence-corrected chi connectivity index (χ2v) is 5.96. The molecule has 0 aliphatic heterocycles. The molecule has 0 spiro atoms. The normalized spacial score (nSPS) is 23.3.